The van der Waals surface area contributed by atoms with Crippen molar-refractivity contribution in [3.8, 4) is 0 Å². The van der Waals surface area contributed by atoms with Crippen LogP contribution in [0.3, 0.4) is 0 Å². The Hall–Kier alpha value is -2.93. The van der Waals surface area contributed by atoms with Gasteiger partial charge in [-0.25, -0.2) is 0 Å². The highest BCUT2D eigenvalue weighted by molar-refractivity contribution is 9.10. The minimum Gasteiger partial charge on any atom is -0.481 e. The number of nitrogens with one attached hydrogen (secondary N) is 2. The topological polar surface area (TPSA) is 95.5 Å². The molecular formula is C19H17BrN2O4. The van der Waals surface area contributed by atoms with Crippen molar-refractivity contribution < 1.29 is 19.5 Å². The SMILES string of the molecule is O=C(O)CCNC(=O)/C(=C/c1ccccc1)NC(=O)c1cccc(Br)c1. The second-order valence-corrected chi connectivity index (χ2v) is 6.25. The summed E-state index contributed by atoms with van der Waals surface area (Å²) in [6, 6.07) is 15.8. The lowest BCUT2D eigenvalue weighted by Crippen LogP contribution is -2.35. The van der Waals surface area contributed by atoms with Gasteiger partial charge in [0.2, 0.25) is 0 Å². The van der Waals surface area contributed by atoms with Crippen LogP contribution >= 0.6 is 15.9 Å². The molecule has 0 aliphatic carbocycles. The minimum atomic E-state index is -1.02. The average Bonchev–Trinajstić information content (AvgIpc) is 2.61. The molecule has 0 saturated heterocycles. The fraction of sp³-hybridized carbons (Fsp3) is 0.105. The van der Waals surface area contributed by atoms with Crippen LogP contribution in [0.25, 0.3) is 6.08 Å². The van der Waals surface area contributed by atoms with Crippen molar-refractivity contribution in [3.63, 3.8) is 0 Å². The van der Waals surface area contributed by atoms with E-state index in [0.29, 0.717) is 5.56 Å². The molecule has 2 aromatic rings. The van der Waals surface area contributed by atoms with Crippen molar-refractivity contribution in [3.05, 3.63) is 75.9 Å². The molecule has 2 amide bonds. The Morgan fingerprint density at radius 2 is 1.77 bits per heavy atom. The molecule has 0 aromatic heterocycles. The first-order valence-corrected chi connectivity index (χ1v) is 8.58. The monoisotopic (exact) mass is 416 g/mol. The molecule has 3 N–H and O–H groups in total. The van der Waals surface area contributed by atoms with E-state index in [-0.39, 0.29) is 18.7 Å². The molecule has 0 heterocycles. The van der Waals surface area contributed by atoms with Gasteiger partial charge in [-0.1, -0.05) is 52.3 Å². The van der Waals surface area contributed by atoms with E-state index in [1.54, 1.807) is 36.4 Å². The number of carboxylic acid groups (broad SMARTS) is 1. The maximum Gasteiger partial charge on any atom is 0.305 e. The molecule has 0 atom stereocenters. The molecule has 7 heteroatoms. The van der Waals surface area contributed by atoms with Gasteiger partial charge in [0.15, 0.2) is 0 Å². The first-order valence-electron chi connectivity index (χ1n) is 7.79. The largest absolute Gasteiger partial charge is 0.481 e. The zero-order valence-electron chi connectivity index (χ0n) is 13.7. The summed E-state index contributed by atoms with van der Waals surface area (Å²) in [5.74, 6) is -2.02. The van der Waals surface area contributed by atoms with Gasteiger partial charge in [0.05, 0.1) is 6.42 Å². The highest BCUT2D eigenvalue weighted by Crippen LogP contribution is 2.12. The quantitative estimate of drug-likeness (QED) is 0.604. The van der Waals surface area contributed by atoms with Crippen LogP contribution in [0.1, 0.15) is 22.3 Å². The van der Waals surface area contributed by atoms with Crippen molar-refractivity contribution in [2.75, 3.05) is 6.54 Å². The number of carboxylic acids is 1. The smallest absolute Gasteiger partial charge is 0.305 e. The molecule has 0 bridgehead atoms. The van der Waals surface area contributed by atoms with Crippen LogP contribution < -0.4 is 10.6 Å². The van der Waals surface area contributed by atoms with E-state index >= 15 is 0 Å². The van der Waals surface area contributed by atoms with Gasteiger partial charge in [0.1, 0.15) is 5.70 Å². The number of amides is 2. The maximum atomic E-state index is 12.4. The van der Waals surface area contributed by atoms with Crippen molar-refractivity contribution >= 4 is 39.8 Å². The summed E-state index contributed by atoms with van der Waals surface area (Å²) >= 11 is 3.30. The van der Waals surface area contributed by atoms with Gasteiger partial charge in [-0.05, 0) is 29.8 Å². The van der Waals surface area contributed by atoms with Crippen molar-refractivity contribution in [1.82, 2.24) is 10.6 Å². The lowest BCUT2D eigenvalue weighted by Gasteiger charge is -2.11. The first-order chi connectivity index (χ1) is 12.5. The third-order valence-corrected chi connectivity index (χ3v) is 3.81. The Morgan fingerprint density at radius 1 is 1.04 bits per heavy atom. The fourth-order valence-corrected chi connectivity index (χ4v) is 2.48. The number of aliphatic carboxylic acids is 1. The summed E-state index contributed by atoms with van der Waals surface area (Å²) in [5.41, 5.74) is 1.15. The molecule has 2 aromatic carbocycles. The summed E-state index contributed by atoms with van der Waals surface area (Å²) in [6.45, 7) is -0.0347. The van der Waals surface area contributed by atoms with Gasteiger partial charge >= 0.3 is 5.97 Å². The van der Waals surface area contributed by atoms with Crippen LogP contribution in [0.15, 0.2) is 64.8 Å². The number of carbonyl (C=O) groups excluding carboxylic acids is 2. The average molecular weight is 417 g/mol. The van der Waals surface area contributed by atoms with Crippen LogP contribution in [-0.4, -0.2) is 29.4 Å². The van der Waals surface area contributed by atoms with Gasteiger partial charge in [0.25, 0.3) is 11.8 Å². The third kappa shape index (κ3) is 6.18. The molecule has 0 radical (unpaired) electrons. The number of hydrogen-bond acceptors (Lipinski definition) is 3. The number of benzene rings is 2. The fourth-order valence-electron chi connectivity index (χ4n) is 2.08. The van der Waals surface area contributed by atoms with Crippen LogP contribution in [0.2, 0.25) is 0 Å². The van der Waals surface area contributed by atoms with Crippen LogP contribution in [-0.2, 0) is 9.59 Å². The molecule has 0 saturated carbocycles. The van der Waals surface area contributed by atoms with Gasteiger partial charge in [-0.3, -0.25) is 14.4 Å². The molecule has 0 unspecified atom stereocenters. The Kier molecular flexibility index (Phi) is 7.11. The van der Waals surface area contributed by atoms with Crippen molar-refractivity contribution in [2.24, 2.45) is 0 Å². The molecule has 0 aliphatic heterocycles. The van der Waals surface area contributed by atoms with Crippen LogP contribution in [0.4, 0.5) is 0 Å². The number of hydrogen-bond donors (Lipinski definition) is 3. The summed E-state index contributed by atoms with van der Waals surface area (Å²) < 4.78 is 0.740. The van der Waals surface area contributed by atoms with E-state index < -0.39 is 17.8 Å². The van der Waals surface area contributed by atoms with Crippen molar-refractivity contribution in [2.45, 2.75) is 6.42 Å². The zero-order valence-corrected chi connectivity index (χ0v) is 15.3. The van der Waals surface area contributed by atoms with Gasteiger partial charge in [-0.2, -0.15) is 0 Å². The van der Waals surface area contributed by atoms with Crippen molar-refractivity contribution in [1.29, 1.82) is 0 Å². The minimum absolute atomic E-state index is 0.0339. The normalized spacial score (nSPS) is 10.9. The van der Waals surface area contributed by atoms with Gasteiger partial charge in [0, 0.05) is 16.6 Å². The van der Waals surface area contributed by atoms with Gasteiger partial charge < -0.3 is 15.7 Å². The predicted octanol–water partition coefficient (Wildman–Crippen LogP) is 2.81. The molecule has 6 nitrogen and oxygen atoms in total. The molecule has 2 rings (SSSR count). The highest BCUT2D eigenvalue weighted by atomic mass is 79.9. The second-order valence-electron chi connectivity index (χ2n) is 5.33. The molecule has 0 spiro atoms. The molecule has 0 fully saturated rings. The molecule has 26 heavy (non-hydrogen) atoms. The second kappa shape index (κ2) is 9.53. The lowest BCUT2D eigenvalue weighted by molar-refractivity contribution is -0.136. The summed E-state index contributed by atoms with van der Waals surface area (Å²) in [4.78, 5) is 35.4. The molecule has 134 valence electrons. The van der Waals surface area contributed by atoms with Gasteiger partial charge in [-0.15, -0.1) is 0 Å². The summed E-state index contributed by atoms with van der Waals surface area (Å²) in [5, 5.41) is 13.8. The number of rotatable bonds is 7. The first kappa shape index (κ1) is 19.4. The van der Waals surface area contributed by atoms with Crippen LogP contribution in [0, 0.1) is 0 Å². The Morgan fingerprint density at radius 3 is 2.42 bits per heavy atom. The highest BCUT2D eigenvalue weighted by Gasteiger charge is 2.15. The third-order valence-electron chi connectivity index (χ3n) is 3.31. The Bertz CT molecular complexity index is 834. The number of halogens is 1. The van der Waals surface area contributed by atoms with E-state index in [2.05, 4.69) is 26.6 Å². The Balaban J connectivity index is 2.20. The predicted molar refractivity (Wildman–Crippen MR) is 101 cm³/mol. The lowest BCUT2D eigenvalue weighted by atomic mass is 10.1. The van der Waals surface area contributed by atoms with E-state index in [4.69, 9.17) is 5.11 Å². The molecule has 0 aliphatic rings. The molecular weight excluding hydrogens is 400 g/mol. The standard InChI is InChI=1S/C19H17BrN2O4/c20-15-8-4-7-14(12-15)18(25)22-16(11-13-5-2-1-3-6-13)19(26)21-10-9-17(23)24/h1-8,11-12H,9-10H2,(H,21,26)(H,22,25)(H,23,24)/b16-11-. The summed E-state index contributed by atoms with van der Waals surface area (Å²) in [7, 11) is 0. The number of carbonyl (C=O) groups is 3. The summed E-state index contributed by atoms with van der Waals surface area (Å²) in [6.07, 6.45) is 1.33. The van der Waals surface area contributed by atoms with E-state index in [1.807, 2.05) is 18.2 Å². The Labute approximate surface area is 159 Å². The van der Waals surface area contributed by atoms with Crippen LogP contribution in [0.5, 0.6) is 0 Å². The zero-order chi connectivity index (χ0) is 18.9. The van der Waals surface area contributed by atoms with E-state index in [1.165, 1.54) is 6.08 Å². The maximum absolute atomic E-state index is 12.4. The van der Waals surface area contributed by atoms with E-state index in [9.17, 15) is 14.4 Å². The van der Waals surface area contributed by atoms with E-state index in [0.717, 1.165) is 10.0 Å².